The number of pyridine rings is 1. The lowest BCUT2D eigenvalue weighted by Gasteiger charge is -2.29. The number of hydrogen-bond donors (Lipinski definition) is 1. The second kappa shape index (κ2) is 5.13. The topological polar surface area (TPSA) is 42.1 Å². The Hall–Kier alpha value is -0.640. The van der Waals surface area contributed by atoms with Crippen molar-refractivity contribution < 1.29 is 0 Å². The quantitative estimate of drug-likeness (QED) is 0.803. The zero-order valence-corrected chi connectivity index (χ0v) is 10.4. The van der Waals surface area contributed by atoms with Gasteiger partial charge in [0.1, 0.15) is 5.15 Å². The average Bonchev–Trinajstić information content (AvgIpc) is 2.29. The zero-order valence-electron chi connectivity index (χ0n) is 9.62. The van der Waals surface area contributed by atoms with Gasteiger partial charge in [0.15, 0.2) is 0 Å². The van der Waals surface area contributed by atoms with E-state index in [1.54, 1.807) is 0 Å². The van der Waals surface area contributed by atoms with Gasteiger partial charge in [0.2, 0.25) is 0 Å². The van der Waals surface area contributed by atoms with Gasteiger partial charge in [0.05, 0.1) is 0 Å². The fourth-order valence-electron chi connectivity index (χ4n) is 2.26. The van der Waals surface area contributed by atoms with Crippen LogP contribution in [0.25, 0.3) is 0 Å². The molecule has 0 aliphatic carbocycles. The third kappa shape index (κ3) is 2.54. The van der Waals surface area contributed by atoms with Gasteiger partial charge in [-0.1, -0.05) is 17.7 Å². The van der Waals surface area contributed by atoms with Gasteiger partial charge < -0.3 is 10.6 Å². The molecule has 1 saturated heterocycles. The molecule has 1 fully saturated rings. The summed E-state index contributed by atoms with van der Waals surface area (Å²) >= 11 is 6.08. The fourth-order valence-corrected chi connectivity index (χ4v) is 2.50. The Kier molecular flexibility index (Phi) is 3.79. The highest BCUT2D eigenvalue weighted by atomic mass is 35.5. The molecular weight excluding hydrogens is 222 g/mol. The summed E-state index contributed by atoms with van der Waals surface area (Å²) in [5.74, 6) is 0.517. The first-order chi connectivity index (χ1) is 7.70. The summed E-state index contributed by atoms with van der Waals surface area (Å²) in [5.41, 5.74) is 7.60. The van der Waals surface area contributed by atoms with Crippen LogP contribution < -0.4 is 5.73 Å². The van der Waals surface area contributed by atoms with E-state index in [1.165, 1.54) is 19.4 Å². The van der Waals surface area contributed by atoms with E-state index in [0.29, 0.717) is 17.6 Å². The lowest BCUT2D eigenvalue weighted by Crippen LogP contribution is -2.31. The Labute approximate surface area is 102 Å². The predicted molar refractivity (Wildman–Crippen MR) is 66.6 cm³/mol. The van der Waals surface area contributed by atoms with E-state index >= 15 is 0 Å². The molecule has 3 nitrogen and oxygen atoms in total. The molecule has 88 valence electrons. The third-order valence-corrected chi connectivity index (χ3v) is 3.54. The molecule has 2 heterocycles. The van der Waals surface area contributed by atoms with Gasteiger partial charge in [-0.2, -0.15) is 0 Å². The summed E-state index contributed by atoms with van der Waals surface area (Å²) in [6, 6.07) is 4.07. The van der Waals surface area contributed by atoms with Gasteiger partial charge in [0, 0.05) is 30.3 Å². The molecule has 0 saturated carbocycles. The minimum atomic E-state index is 0.455. The molecular formula is C12H18ClN3. The van der Waals surface area contributed by atoms with Gasteiger partial charge in [-0.05, 0) is 32.5 Å². The van der Waals surface area contributed by atoms with Crippen molar-refractivity contribution in [2.45, 2.75) is 25.3 Å². The van der Waals surface area contributed by atoms with E-state index < -0.39 is 0 Å². The van der Waals surface area contributed by atoms with Crippen LogP contribution in [0, 0.1) is 0 Å². The summed E-state index contributed by atoms with van der Waals surface area (Å²) in [7, 11) is 2.15. The third-order valence-electron chi connectivity index (χ3n) is 3.21. The summed E-state index contributed by atoms with van der Waals surface area (Å²) in [4.78, 5) is 6.81. The van der Waals surface area contributed by atoms with Crippen LogP contribution in [0.4, 0.5) is 0 Å². The summed E-state index contributed by atoms with van der Waals surface area (Å²) in [5, 5.41) is 0.563. The molecule has 0 bridgehead atoms. The maximum Gasteiger partial charge on any atom is 0.133 e. The van der Waals surface area contributed by atoms with Crippen molar-refractivity contribution in [3.05, 3.63) is 28.5 Å². The number of hydrogen-bond acceptors (Lipinski definition) is 3. The van der Waals surface area contributed by atoms with Gasteiger partial charge in [-0.25, -0.2) is 4.98 Å². The second-order valence-electron chi connectivity index (χ2n) is 4.49. The minimum Gasteiger partial charge on any atom is -0.326 e. The molecule has 0 spiro atoms. The van der Waals surface area contributed by atoms with E-state index in [4.69, 9.17) is 17.3 Å². The van der Waals surface area contributed by atoms with Crippen LogP contribution in [-0.2, 0) is 6.54 Å². The van der Waals surface area contributed by atoms with Crippen LogP contribution in [-0.4, -0.2) is 30.0 Å². The fraction of sp³-hybridized carbons (Fsp3) is 0.583. The number of aromatic nitrogens is 1. The van der Waals surface area contributed by atoms with E-state index in [2.05, 4.69) is 23.0 Å². The molecule has 1 aliphatic rings. The molecule has 1 atom stereocenters. The first-order valence-electron chi connectivity index (χ1n) is 5.74. The van der Waals surface area contributed by atoms with Gasteiger partial charge >= 0.3 is 0 Å². The molecule has 1 aliphatic heterocycles. The van der Waals surface area contributed by atoms with Crippen LogP contribution in [0.2, 0.25) is 5.15 Å². The number of likely N-dealkylation sites (N-methyl/N-ethyl adjacent to an activating group) is 1. The van der Waals surface area contributed by atoms with Crippen molar-refractivity contribution >= 4 is 11.6 Å². The monoisotopic (exact) mass is 239 g/mol. The molecule has 1 unspecified atom stereocenters. The van der Waals surface area contributed by atoms with Crippen molar-refractivity contribution in [1.29, 1.82) is 0 Å². The van der Waals surface area contributed by atoms with Crippen molar-refractivity contribution in [3.8, 4) is 0 Å². The first kappa shape index (κ1) is 11.8. The number of nitrogens with zero attached hydrogens (tertiary/aromatic N) is 2. The Bertz CT molecular complexity index is 367. The Morgan fingerprint density at radius 3 is 3.00 bits per heavy atom. The maximum absolute atomic E-state index is 6.08. The van der Waals surface area contributed by atoms with E-state index in [9.17, 15) is 0 Å². The summed E-state index contributed by atoms with van der Waals surface area (Å²) in [6.07, 6.45) is 2.44. The average molecular weight is 240 g/mol. The van der Waals surface area contributed by atoms with Crippen LogP contribution >= 0.6 is 11.6 Å². The number of likely N-dealkylation sites (tertiary alicyclic amines) is 1. The molecule has 16 heavy (non-hydrogen) atoms. The molecule has 4 heteroatoms. The van der Waals surface area contributed by atoms with E-state index in [1.807, 2.05) is 6.07 Å². The standard InChI is InChI=1S/C12H18ClN3/c1-16-6-2-3-10(8-16)11-5-4-9(7-14)12(13)15-11/h4-5,10H,2-3,6-8,14H2,1H3. The van der Waals surface area contributed by atoms with Crippen LogP contribution in [0.1, 0.15) is 30.0 Å². The number of piperidine rings is 1. The van der Waals surface area contributed by atoms with Crippen molar-refractivity contribution in [1.82, 2.24) is 9.88 Å². The lowest BCUT2D eigenvalue weighted by molar-refractivity contribution is 0.248. The summed E-state index contributed by atoms with van der Waals surface area (Å²) < 4.78 is 0. The normalized spacial score (nSPS) is 22.3. The van der Waals surface area contributed by atoms with Crippen molar-refractivity contribution in [3.63, 3.8) is 0 Å². The molecule has 2 N–H and O–H groups in total. The molecule has 0 radical (unpaired) electrons. The Morgan fingerprint density at radius 2 is 2.38 bits per heavy atom. The number of rotatable bonds is 2. The number of halogens is 1. The van der Waals surface area contributed by atoms with Crippen LogP contribution in [0.5, 0.6) is 0 Å². The summed E-state index contributed by atoms with van der Waals surface area (Å²) in [6.45, 7) is 2.72. The predicted octanol–water partition coefficient (Wildman–Crippen LogP) is 2.00. The first-order valence-corrected chi connectivity index (χ1v) is 6.12. The molecule has 2 rings (SSSR count). The molecule has 0 amide bonds. The van der Waals surface area contributed by atoms with E-state index in [0.717, 1.165) is 17.8 Å². The largest absolute Gasteiger partial charge is 0.326 e. The van der Waals surface area contributed by atoms with Crippen molar-refractivity contribution in [2.75, 3.05) is 20.1 Å². The van der Waals surface area contributed by atoms with Gasteiger partial charge in [-0.15, -0.1) is 0 Å². The van der Waals surface area contributed by atoms with E-state index in [-0.39, 0.29) is 0 Å². The van der Waals surface area contributed by atoms with Gasteiger partial charge in [0.25, 0.3) is 0 Å². The molecule has 1 aromatic rings. The highest BCUT2D eigenvalue weighted by molar-refractivity contribution is 6.30. The lowest BCUT2D eigenvalue weighted by atomic mass is 9.94. The highest BCUT2D eigenvalue weighted by Crippen LogP contribution is 2.26. The second-order valence-corrected chi connectivity index (χ2v) is 4.85. The van der Waals surface area contributed by atoms with Crippen LogP contribution in [0.15, 0.2) is 12.1 Å². The zero-order chi connectivity index (χ0) is 11.5. The SMILES string of the molecule is CN1CCCC(c2ccc(CN)c(Cl)n2)C1. The maximum atomic E-state index is 6.08. The highest BCUT2D eigenvalue weighted by Gasteiger charge is 2.20. The number of nitrogens with two attached hydrogens (primary N) is 1. The molecule has 1 aromatic heterocycles. The van der Waals surface area contributed by atoms with Crippen molar-refractivity contribution in [2.24, 2.45) is 5.73 Å². The smallest absolute Gasteiger partial charge is 0.133 e. The Morgan fingerprint density at radius 1 is 1.56 bits per heavy atom. The minimum absolute atomic E-state index is 0.455. The molecule has 0 aromatic carbocycles. The van der Waals surface area contributed by atoms with Gasteiger partial charge in [-0.3, -0.25) is 0 Å². The van der Waals surface area contributed by atoms with Crippen LogP contribution in [0.3, 0.4) is 0 Å². The Balaban J connectivity index is 2.17.